The van der Waals surface area contributed by atoms with Gasteiger partial charge in [0.1, 0.15) is 5.82 Å². The number of hydrogen-bond donors (Lipinski definition) is 2. The Hall–Kier alpha value is -0.590. The Labute approximate surface area is 93.2 Å². The van der Waals surface area contributed by atoms with Crippen LogP contribution in [0, 0.1) is 12.8 Å². The molecule has 1 aromatic rings. The molecule has 2 heterocycles. The summed E-state index contributed by atoms with van der Waals surface area (Å²) in [6.07, 6.45) is 1.08. The second-order valence-electron chi connectivity index (χ2n) is 3.80. The minimum absolute atomic E-state index is 0.177. The molecule has 0 aromatic carbocycles. The van der Waals surface area contributed by atoms with Gasteiger partial charge in [-0.3, -0.25) is 5.10 Å². The molecule has 1 aromatic heterocycles. The maximum atomic E-state index is 6.07. The molecule has 3 N–H and O–H groups in total. The number of hydrogen-bond acceptors (Lipinski definition) is 5. The molecule has 1 aliphatic rings. The largest absolute Gasteiger partial charge is 0.381 e. The second-order valence-corrected chi connectivity index (χ2v) is 4.79. The predicted octanol–water partition coefficient (Wildman–Crippen LogP) is 0.569. The summed E-state index contributed by atoms with van der Waals surface area (Å²) in [5, 5.41) is 7.65. The molecule has 6 heteroatoms. The van der Waals surface area contributed by atoms with Crippen molar-refractivity contribution in [3.05, 3.63) is 5.82 Å². The minimum Gasteiger partial charge on any atom is -0.381 e. The third kappa shape index (κ3) is 2.93. The fourth-order valence-electron chi connectivity index (χ4n) is 1.58. The summed E-state index contributed by atoms with van der Waals surface area (Å²) < 4.78 is 5.31. The number of nitrogens with zero attached hydrogens (tertiary/aromatic N) is 2. The minimum atomic E-state index is 0.177. The van der Waals surface area contributed by atoms with E-state index in [0.717, 1.165) is 36.4 Å². The summed E-state index contributed by atoms with van der Waals surface area (Å²) in [4.78, 5) is 4.22. The van der Waals surface area contributed by atoms with Gasteiger partial charge in [0.05, 0.1) is 6.61 Å². The van der Waals surface area contributed by atoms with E-state index in [1.165, 1.54) is 0 Å². The fraction of sp³-hybridized carbons (Fsp3) is 0.778. The Morgan fingerprint density at radius 3 is 3.20 bits per heavy atom. The van der Waals surface area contributed by atoms with Crippen molar-refractivity contribution >= 4 is 11.8 Å². The van der Waals surface area contributed by atoms with Gasteiger partial charge < -0.3 is 10.5 Å². The second kappa shape index (κ2) is 4.96. The summed E-state index contributed by atoms with van der Waals surface area (Å²) in [6, 6.07) is 0.177. The number of ether oxygens (including phenoxy) is 1. The number of rotatable bonds is 4. The number of H-pyrrole nitrogens is 1. The van der Waals surface area contributed by atoms with Crippen molar-refractivity contribution in [2.24, 2.45) is 11.7 Å². The lowest BCUT2D eigenvalue weighted by molar-refractivity contribution is 0.182. The number of thioether (sulfide) groups is 1. The highest BCUT2D eigenvalue weighted by Gasteiger charge is 2.23. The molecule has 1 aliphatic heterocycles. The van der Waals surface area contributed by atoms with E-state index in [4.69, 9.17) is 10.5 Å². The number of aryl methyl sites for hydroxylation is 1. The zero-order chi connectivity index (χ0) is 10.7. The lowest BCUT2D eigenvalue weighted by Crippen LogP contribution is -2.32. The molecule has 0 radical (unpaired) electrons. The maximum absolute atomic E-state index is 6.07. The molecule has 84 valence electrons. The first-order valence-corrected chi connectivity index (χ1v) is 6.09. The van der Waals surface area contributed by atoms with Crippen molar-refractivity contribution in [1.82, 2.24) is 15.2 Å². The summed E-state index contributed by atoms with van der Waals surface area (Å²) in [7, 11) is 0. The third-order valence-corrected chi connectivity index (χ3v) is 3.54. The molecule has 1 fully saturated rings. The predicted molar refractivity (Wildman–Crippen MR) is 58.7 cm³/mol. The quantitative estimate of drug-likeness (QED) is 0.737. The van der Waals surface area contributed by atoms with Crippen LogP contribution in [0.3, 0.4) is 0 Å². The highest BCUT2D eigenvalue weighted by atomic mass is 32.2. The molecule has 0 bridgehead atoms. The van der Waals surface area contributed by atoms with Gasteiger partial charge in [-0.25, -0.2) is 4.98 Å². The molecule has 0 aliphatic carbocycles. The highest BCUT2D eigenvalue weighted by Crippen LogP contribution is 2.20. The molecule has 2 atom stereocenters. The number of nitrogens with two attached hydrogens (primary N) is 1. The summed E-state index contributed by atoms with van der Waals surface area (Å²) in [6.45, 7) is 3.54. The van der Waals surface area contributed by atoms with Crippen LogP contribution < -0.4 is 5.73 Å². The van der Waals surface area contributed by atoms with Gasteiger partial charge in [-0.15, -0.1) is 5.10 Å². The number of aromatic amines is 1. The Kier molecular flexibility index (Phi) is 3.61. The lowest BCUT2D eigenvalue weighted by Gasteiger charge is -2.15. The van der Waals surface area contributed by atoms with Crippen molar-refractivity contribution < 1.29 is 4.74 Å². The van der Waals surface area contributed by atoms with Crippen LogP contribution in [-0.4, -0.2) is 40.2 Å². The Morgan fingerprint density at radius 2 is 2.60 bits per heavy atom. The maximum Gasteiger partial charge on any atom is 0.208 e. The molecule has 0 spiro atoms. The van der Waals surface area contributed by atoms with Gasteiger partial charge in [0.15, 0.2) is 0 Å². The van der Waals surface area contributed by atoms with Gasteiger partial charge in [0.25, 0.3) is 0 Å². The zero-order valence-corrected chi connectivity index (χ0v) is 9.59. The lowest BCUT2D eigenvalue weighted by atomic mass is 10.0. The highest BCUT2D eigenvalue weighted by molar-refractivity contribution is 7.99. The SMILES string of the molecule is Cc1nc(SCC(N)C2CCOC2)n[nH]1. The Bertz CT molecular complexity index is 311. The average Bonchev–Trinajstić information content (AvgIpc) is 2.84. The van der Waals surface area contributed by atoms with Crippen LogP contribution in [0.1, 0.15) is 12.2 Å². The first-order valence-electron chi connectivity index (χ1n) is 5.11. The van der Waals surface area contributed by atoms with E-state index in [0.29, 0.717) is 5.92 Å². The van der Waals surface area contributed by atoms with Crippen LogP contribution in [-0.2, 0) is 4.74 Å². The van der Waals surface area contributed by atoms with Crippen molar-refractivity contribution in [2.45, 2.75) is 24.5 Å². The third-order valence-electron chi connectivity index (χ3n) is 2.55. The fourth-order valence-corrected chi connectivity index (χ4v) is 2.51. The molecule has 15 heavy (non-hydrogen) atoms. The van der Waals surface area contributed by atoms with Crippen LogP contribution in [0.15, 0.2) is 5.16 Å². The molecular weight excluding hydrogens is 212 g/mol. The monoisotopic (exact) mass is 228 g/mol. The van der Waals surface area contributed by atoms with Gasteiger partial charge in [0.2, 0.25) is 5.16 Å². The van der Waals surface area contributed by atoms with Gasteiger partial charge in [0, 0.05) is 24.3 Å². The van der Waals surface area contributed by atoms with Crippen LogP contribution in [0.25, 0.3) is 0 Å². The molecule has 1 saturated heterocycles. The van der Waals surface area contributed by atoms with Crippen LogP contribution in [0.5, 0.6) is 0 Å². The van der Waals surface area contributed by atoms with Crippen LogP contribution in [0.4, 0.5) is 0 Å². The van der Waals surface area contributed by atoms with Gasteiger partial charge in [-0.1, -0.05) is 11.8 Å². The summed E-state index contributed by atoms with van der Waals surface area (Å²) in [5.74, 6) is 2.19. The normalized spacial score (nSPS) is 23.2. The smallest absolute Gasteiger partial charge is 0.208 e. The molecule has 0 amide bonds. The standard InChI is InChI=1S/C9H16N4OS/c1-6-11-9(13-12-6)15-5-8(10)7-2-3-14-4-7/h7-8H,2-5,10H2,1H3,(H,11,12,13). The van der Waals surface area contributed by atoms with E-state index in [9.17, 15) is 0 Å². The average molecular weight is 228 g/mol. The van der Waals surface area contributed by atoms with E-state index < -0.39 is 0 Å². The van der Waals surface area contributed by atoms with E-state index in [-0.39, 0.29) is 6.04 Å². The van der Waals surface area contributed by atoms with E-state index in [1.54, 1.807) is 11.8 Å². The molecule has 2 unspecified atom stereocenters. The number of nitrogens with one attached hydrogen (secondary N) is 1. The summed E-state index contributed by atoms with van der Waals surface area (Å²) in [5.41, 5.74) is 6.07. The van der Waals surface area contributed by atoms with E-state index in [2.05, 4.69) is 15.2 Å². The van der Waals surface area contributed by atoms with E-state index >= 15 is 0 Å². The van der Waals surface area contributed by atoms with Crippen molar-refractivity contribution in [3.63, 3.8) is 0 Å². The van der Waals surface area contributed by atoms with Crippen molar-refractivity contribution in [1.29, 1.82) is 0 Å². The molecule has 0 saturated carbocycles. The first kappa shape index (κ1) is 10.9. The van der Waals surface area contributed by atoms with E-state index in [1.807, 2.05) is 6.92 Å². The molecule has 5 nitrogen and oxygen atoms in total. The molecular formula is C9H16N4OS. The van der Waals surface area contributed by atoms with Gasteiger partial charge >= 0.3 is 0 Å². The Morgan fingerprint density at radius 1 is 1.73 bits per heavy atom. The zero-order valence-electron chi connectivity index (χ0n) is 8.77. The number of aromatic nitrogens is 3. The van der Waals surface area contributed by atoms with Gasteiger partial charge in [-0.05, 0) is 13.3 Å². The Balaban J connectivity index is 1.77. The van der Waals surface area contributed by atoms with Crippen molar-refractivity contribution in [3.8, 4) is 0 Å². The van der Waals surface area contributed by atoms with Crippen molar-refractivity contribution in [2.75, 3.05) is 19.0 Å². The van der Waals surface area contributed by atoms with Crippen LogP contribution in [0.2, 0.25) is 0 Å². The van der Waals surface area contributed by atoms with Gasteiger partial charge in [-0.2, -0.15) is 0 Å². The molecule has 2 rings (SSSR count). The topological polar surface area (TPSA) is 76.8 Å². The van der Waals surface area contributed by atoms with Crippen LogP contribution >= 0.6 is 11.8 Å². The first-order chi connectivity index (χ1) is 7.25. The summed E-state index contributed by atoms with van der Waals surface area (Å²) >= 11 is 1.60.